The maximum Gasteiger partial charge on any atom is 0.254 e. The van der Waals surface area contributed by atoms with Gasteiger partial charge < -0.3 is 15.2 Å². The first kappa shape index (κ1) is 20.3. The number of carbonyl (C=O) groups is 2. The monoisotopic (exact) mass is 397 g/mol. The van der Waals surface area contributed by atoms with Crippen LogP contribution in [0.5, 0.6) is 0 Å². The summed E-state index contributed by atoms with van der Waals surface area (Å²) in [4.78, 5) is 24.5. The third-order valence-corrected chi connectivity index (χ3v) is 4.58. The second-order valence-electron chi connectivity index (χ2n) is 6.59. The topological polar surface area (TPSA) is 63.1 Å². The van der Waals surface area contributed by atoms with E-state index in [2.05, 4.69) is 10.6 Å². The van der Waals surface area contributed by atoms with Crippen molar-refractivity contribution in [2.24, 2.45) is 0 Å². The minimum absolute atomic E-state index is 0.0401. The number of benzene rings is 2. The first-order valence-electron chi connectivity index (χ1n) is 9.14. The molecule has 0 fully saturated rings. The first-order valence-corrected chi connectivity index (χ1v) is 9.14. The molecule has 1 aromatic heterocycles. The highest BCUT2D eigenvalue weighted by Crippen LogP contribution is 2.21. The maximum atomic E-state index is 13.6. The van der Waals surface area contributed by atoms with Gasteiger partial charge in [-0.05, 0) is 56.3 Å². The van der Waals surface area contributed by atoms with Crippen LogP contribution in [0.15, 0.2) is 54.6 Å². The van der Waals surface area contributed by atoms with Crippen molar-refractivity contribution in [2.45, 2.75) is 13.8 Å². The Morgan fingerprint density at radius 3 is 2.07 bits per heavy atom. The molecule has 2 N–H and O–H groups in total. The van der Waals surface area contributed by atoms with E-state index in [1.165, 1.54) is 30.3 Å². The molecule has 1 heterocycles. The zero-order valence-corrected chi connectivity index (χ0v) is 16.1. The standard InChI is InChI=1S/C22H21F2N3O2/c1-14-13-19(15(2)27(14)17-9-7-16(23)8-10-17)22(29)26-12-11-25-21(28)18-5-3-4-6-20(18)24/h3-10,13H,11-12H2,1-2H3,(H,25,28)(H,26,29). The van der Waals surface area contributed by atoms with Crippen molar-refractivity contribution in [1.82, 2.24) is 15.2 Å². The van der Waals surface area contributed by atoms with Gasteiger partial charge in [0.25, 0.3) is 11.8 Å². The molecule has 3 aromatic rings. The Labute approximate surface area is 167 Å². The van der Waals surface area contributed by atoms with Gasteiger partial charge in [-0.2, -0.15) is 0 Å². The van der Waals surface area contributed by atoms with E-state index < -0.39 is 11.7 Å². The number of halogens is 2. The zero-order chi connectivity index (χ0) is 21.0. The molecule has 150 valence electrons. The smallest absolute Gasteiger partial charge is 0.254 e. The predicted octanol–water partition coefficient (Wildman–Crippen LogP) is 3.53. The van der Waals surface area contributed by atoms with Crippen molar-refractivity contribution in [3.8, 4) is 5.69 Å². The number of rotatable bonds is 6. The molecule has 0 saturated heterocycles. The summed E-state index contributed by atoms with van der Waals surface area (Å²) >= 11 is 0. The van der Waals surface area contributed by atoms with E-state index in [9.17, 15) is 18.4 Å². The van der Waals surface area contributed by atoms with E-state index in [0.29, 0.717) is 5.56 Å². The highest BCUT2D eigenvalue weighted by molar-refractivity contribution is 5.96. The molecule has 0 aliphatic rings. The van der Waals surface area contributed by atoms with E-state index in [0.717, 1.165) is 17.1 Å². The number of hydrogen-bond acceptors (Lipinski definition) is 2. The molecule has 2 amide bonds. The molecule has 5 nitrogen and oxygen atoms in total. The number of amides is 2. The van der Waals surface area contributed by atoms with Gasteiger partial charge in [-0.3, -0.25) is 9.59 Å². The average molecular weight is 397 g/mol. The molecule has 3 rings (SSSR count). The van der Waals surface area contributed by atoms with Gasteiger partial charge in [-0.15, -0.1) is 0 Å². The molecule has 29 heavy (non-hydrogen) atoms. The van der Waals surface area contributed by atoms with E-state index in [1.54, 1.807) is 24.3 Å². The van der Waals surface area contributed by atoms with Gasteiger partial charge in [0.15, 0.2) is 0 Å². The first-order chi connectivity index (χ1) is 13.9. The number of aryl methyl sites for hydroxylation is 1. The van der Waals surface area contributed by atoms with Crippen LogP contribution < -0.4 is 10.6 Å². The van der Waals surface area contributed by atoms with Crippen molar-refractivity contribution in [2.75, 3.05) is 13.1 Å². The Kier molecular flexibility index (Phi) is 6.07. The van der Waals surface area contributed by atoms with Crippen LogP contribution in [0.25, 0.3) is 5.69 Å². The highest BCUT2D eigenvalue weighted by Gasteiger charge is 2.17. The van der Waals surface area contributed by atoms with Gasteiger partial charge in [-0.1, -0.05) is 12.1 Å². The van der Waals surface area contributed by atoms with Crippen LogP contribution in [0, 0.1) is 25.5 Å². The van der Waals surface area contributed by atoms with E-state index >= 15 is 0 Å². The fourth-order valence-electron chi connectivity index (χ4n) is 3.17. The highest BCUT2D eigenvalue weighted by atomic mass is 19.1. The van der Waals surface area contributed by atoms with Gasteiger partial charge in [-0.25, -0.2) is 8.78 Å². The van der Waals surface area contributed by atoms with Crippen molar-refractivity contribution in [3.63, 3.8) is 0 Å². The lowest BCUT2D eigenvalue weighted by Gasteiger charge is -2.10. The van der Waals surface area contributed by atoms with Crippen LogP contribution in [0.2, 0.25) is 0 Å². The second-order valence-corrected chi connectivity index (χ2v) is 6.59. The molecule has 0 unspecified atom stereocenters. The lowest BCUT2D eigenvalue weighted by molar-refractivity contribution is 0.0925. The van der Waals surface area contributed by atoms with Crippen LogP contribution in [0.4, 0.5) is 8.78 Å². The third-order valence-electron chi connectivity index (χ3n) is 4.58. The Morgan fingerprint density at radius 1 is 0.862 bits per heavy atom. The molecule has 7 heteroatoms. The molecule has 2 aromatic carbocycles. The molecule has 0 radical (unpaired) electrons. The summed E-state index contributed by atoms with van der Waals surface area (Å²) in [6.07, 6.45) is 0. The molecule has 0 aliphatic heterocycles. The number of aromatic nitrogens is 1. The van der Waals surface area contributed by atoms with Crippen molar-refractivity contribution < 1.29 is 18.4 Å². The summed E-state index contributed by atoms with van der Waals surface area (Å²) in [6.45, 7) is 4.03. The zero-order valence-electron chi connectivity index (χ0n) is 16.1. The van der Waals surface area contributed by atoms with Gasteiger partial charge in [0, 0.05) is 30.2 Å². The van der Waals surface area contributed by atoms with Crippen molar-refractivity contribution >= 4 is 11.8 Å². The predicted molar refractivity (Wildman–Crippen MR) is 106 cm³/mol. The number of hydrogen-bond donors (Lipinski definition) is 2. The van der Waals surface area contributed by atoms with E-state index in [4.69, 9.17) is 0 Å². The molecule has 0 atom stereocenters. The molecule has 0 bridgehead atoms. The molecule has 0 aliphatic carbocycles. The SMILES string of the molecule is Cc1cc(C(=O)NCCNC(=O)c2ccccc2F)c(C)n1-c1ccc(F)cc1. The average Bonchev–Trinajstić information content (AvgIpc) is 3.00. The Morgan fingerprint density at radius 2 is 1.45 bits per heavy atom. The second kappa shape index (κ2) is 8.68. The molecule has 0 spiro atoms. The van der Waals surface area contributed by atoms with Crippen molar-refractivity contribution in [1.29, 1.82) is 0 Å². The largest absolute Gasteiger partial charge is 0.350 e. The quantitative estimate of drug-likeness (QED) is 0.625. The van der Waals surface area contributed by atoms with Crippen LogP contribution in [-0.4, -0.2) is 29.5 Å². The van der Waals surface area contributed by atoms with Crippen molar-refractivity contribution in [3.05, 3.63) is 88.7 Å². The van der Waals surface area contributed by atoms with Crippen LogP contribution in [0.1, 0.15) is 32.1 Å². The van der Waals surface area contributed by atoms with E-state index in [-0.39, 0.29) is 30.4 Å². The Bertz CT molecular complexity index is 1040. The lowest BCUT2D eigenvalue weighted by Crippen LogP contribution is -2.35. The fraction of sp³-hybridized carbons (Fsp3) is 0.182. The summed E-state index contributed by atoms with van der Waals surface area (Å²) in [5.41, 5.74) is 2.78. The van der Waals surface area contributed by atoms with Gasteiger partial charge >= 0.3 is 0 Å². The number of carbonyl (C=O) groups excluding carboxylic acids is 2. The normalized spacial score (nSPS) is 10.6. The van der Waals surface area contributed by atoms with Crippen LogP contribution in [-0.2, 0) is 0 Å². The maximum absolute atomic E-state index is 13.6. The number of nitrogens with zero attached hydrogens (tertiary/aromatic N) is 1. The van der Waals surface area contributed by atoms with E-state index in [1.807, 2.05) is 18.4 Å². The summed E-state index contributed by atoms with van der Waals surface area (Å²) in [7, 11) is 0. The van der Waals surface area contributed by atoms with Crippen LogP contribution >= 0.6 is 0 Å². The Balaban J connectivity index is 1.60. The summed E-state index contributed by atoms with van der Waals surface area (Å²) in [5.74, 6) is -1.74. The summed E-state index contributed by atoms with van der Waals surface area (Å²) in [5, 5.41) is 5.32. The van der Waals surface area contributed by atoms with Gasteiger partial charge in [0.1, 0.15) is 11.6 Å². The Hall–Kier alpha value is -3.48. The number of nitrogens with one attached hydrogen (secondary N) is 2. The molecule has 0 saturated carbocycles. The summed E-state index contributed by atoms with van der Waals surface area (Å²) in [6, 6.07) is 13.5. The van der Waals surface area contributed by atoms with Gasteiger partial charge in [0.05, 0.1) is 11.1 Å². The summed E-state index contributed by atoms with van der Waals surface area (Å²) < 4.78 is 28.6. The minimum atomic E-state index is -0.595. The minimum Gasteiger partial charge on any atom is -0.350 e. The van der Waals surface area contributed by atoms with Crippen LogP contribution in [0.3, 0.4) is 0 Å². The lowest BCUT2D eigenvalue weighted by atomic mass is 10.2. The van der Waals surface area contributed by atoms with Gasteiger partial charge in [0.2, 0.25) is 0 Å². The fourth-order valence-corrected chi connectivity index (χ4v) is 3.17. The molecular formula is C22H21F2N3O2. The molecular weight excluding hydrogens is 376 g/mol. The third kappa shape index (κ3) is 4.51.